The number of carboxylic acids is 1. The fraction of sp³-hybridized carbons (Fsp3) is 0.529. The highest BCUT2D eigenvalue weighted by molar-refractivity contribution is 6.41. The number of aryl methyl sites for hydroxylation is 1. The Labute approximate surface area is 156 Å². The molecule has 2 aliphatic rings. The van der Waals surface area contributed by atoms with E-state index in [-0.39, 0.29) is 42.1 Å². The van der Waals surface area contributed by atoms with Gasteiger partial charge in [-0.2, -0.15) is 0 Å². The molecule has 27 heavy (non-hydrogen) atoms. The lowest BCUT2D eigenvalue weighted by Crippen LogP contribution is -2.59. The van der Waals surface area contributed by atoms with Crippen LogP contribution in [0.15, 0.2) is 12.1 Å². The number of rotatable bonds is 7. The summed E-state index contributed by atoms with van der Waals surface area (Å²) in [6.45, 7) is 1.58. The van der Waals surface area contributed by atoms with Crippen LogP contribution in [0.5, 0.6) is 11.5 Å². The number of carboxylic acid groups (broad SMARTS) is 1. The van der Waals surface area contributed by atoms with Gasteiger partial charge < -0.3 is 35.2 Å². The van der Waals surface area contributed by atoms with Gasteiger partial charge in [0.25, 0.3) is 0 Å². The van der Waals surface area contributed by atoms with Gasteiger partial charge in [0.15, 0.2) is 0 Å². The first-order valence-electron chi connectivity index (χ1n) is 9.00. The Kier molecular flexibility index (Phi) is 5.88. The van der Waals surface area contributed by atoms with E-state index in [9.17, 15) is 19.8 Å². The molecule has 0 aromatic heterocycles. The van der Waals surface area contributed by atoms with Crippen molar-refractivity contribution in [2.24, 2.45) is 0 Å². The first-order chi connectivity index (χ1) is 12.9. The van der Waals surface area contributed by atoms with Crippen LogP contribution < -0.4 is 10.1 Å². The molecule has 1 atom stereocenters. The highest BCUT2D eigenvalue weighted by Crippen LogP contribution is 2.34. The molecular weight excluding hydrogens is 355 g/mol. The molecule has 10 heteroatoms. The van der Waals surface area contributed by atoms with Gasteiger partial charge >= 0.3 is 13.1 Å². The predicted molar refractivity (Wildman–Crippen MR) is 95.8 cm³/mol. The molecule has 0 unspecified atom stereocenters. The molecule has 0 radical (unpaired) electrons. The van der Waals surface area contributed by atoms with Crippen LogP contribution in [0.2, 0.25) is 6.32 Å². The zero-order valence-electron chi connectivity index (χ0n) is 14.8. The number of hydrogen-bond acceptors (Lipinski definition) is 7. The molecule has 3 rings (SSSR count). The number of carbonyl (C=O) groups excluding carboxylic acids is 1. The number of nitrogens with one attached hydrogen (secondary N) is 1. The number of aromatic carboxylic acids is 1. The maximum Gasteiger partial charge on any atom is 0.451 e. The van der Waals surface area contributed by atoms with Crippen molar-refractivity contribution >= 4 is 19.0 Å². The molecule has 1 aromatic carbocycles. The molecule has 2 saturated heterocycles. The third-order valence-corrected chi connectivity index (χ3v) is 4.92. The van der Waals surface area contributed by atoms with Gasteiger partial charge in [-0.3, -0.25) is 4.79 Å². The molecule has 5 N–H and O–H groups in total. The van der Waals surface area contributed by atoms with Gasteiger partial charge in [0, 0.05) is 0 Å². The van der Waals surface area contributed by atoms with Crippen molar-refractivity contribution in [2.45, 2.75) is 37.7 Å². The van der Waals surface area contributed by atoms with E-state index in [1.807, 2.05) is 0 Å². The van der Waals surface area contributed by atoms with Crippen molar-refractivity contribution in [3.05, 3.63) is 23.3 Å². The average Bonchev–Trinajstić information content (AvgIpc) is 3.10. The van der Waals surface area contributed by atoms with Crippen molar-refractivity contribution < 1.29 is 34.6 Å². The van der Waals surface area contributed by atoms with E-state index >= 15 is 0 Å². The van der Waals surface area contributed by atoms with Gasteiger partial charge in [0.1, 0.15) is 23.2 Å². The Bertz CT molecular complexity index is 715. The number of amides is 1. The van der Waals surface area contributed by atoms with Gasteiger partial charge in [0.2, 0.25) is 5.91 Å². The Morgan fingerprint density at radius 3 is 2.63 bits per heavy atom. The first kappa shape index (κ1) is 19.5. The van der Waals surface area contributed by atoms with Gasteiger partial charge in [0.05, 0.1) is 19.1 Å². The normalized spacial score (nSPS) is 19.6. The van der Waals surface area contributed by atoms with Crippen LogP contribution >= 0.6 is 0 Å². The zero-order chi connectivity index (χ0) is 19.6. The van der Waals surface area contributed by atoms with Crippen LogP contribution in [-0.2, 0) is 11.2 Å². The van der Waals surface area contributed by atoms with Crippen molar-refractivity contribution in [3.63, 3.8) is 0 Å². The van der Waals surface area contributed by atoms with E-state index in [1.165, 1.54) is 12.1 Å². The molecule has 0 spiro atoms. The number of carbonyl (C=O) groups is 2. The molecule has 2 heterocycles. The van der Waals surface area contributed by atoms with E-state index in [4.69, 9.17) is 14.8 Å². The Morgan fingerprint density at radius 1 is 1.30 bits per heavy atom. The maximum atomic E-state index is 12.3. The molecule has 2 aliphatic heterocycles. The first-order valence-corrected chi connectivity index (χ1v) is 9.00. The summed E-state index contributed by atoms with van der Waals surface area (Å²) in [4.78, 5) is 25.5. The summed E-state index contributed by atoms with van der Waals surface area (Å²) >= 11 is 0. The summed E-state index contributed by atoms with van der Waals surface area (Å²) in [5, 5.41) is 40.7. The van der Waals surface area contributed by atoms with Gasteiger partial charge in [-0.25, -0.2) is 4.79 Å². The number of phenols is 1. The third-order valence-electron chi connectivity index (χ3n) is 4.92. The molecule has 0 bridgehead atoms. The van der Waals surface area contributed by atoms with E-state index in [0.29, 0.717) is 18.7 Å². The molecule has 1 aromatic rings. The van der Waals surface area contributed by atoms with Crippen LogP contribution in [0.25, 0.3) is 0 Å². The standard InChI is InChI=1S/C17H23BN2O7/c21-15-10(5-6-18(25)26)3-4-13(14(15)17(23)24)27-11-8-20(9-11)16(22)12-2-1-7-19-12/h3-4,11-12,19,21,25-26H,1-2,5-9H2,(H,23,24)/t12-/m0/s1. The van der Waals surface area contributed by atoms with Crippen LogP contribution in [0.4, 0.5) is 0 Å². The minimum Gasteiger partial charge on any atom is -0.507 e. The highest BCUT2D eigenvalue weighted by atomic mass is 16.5. The fourth-order valence-electron chi connectivity index (χ4n) is 3.39. The number of ether oxygens (including phenoxy) is 1. The van der Waals surface area contributed by atoms with Gasteiger partial charge in [-0.15, -0.1) is 0 Å². The van der Waals surface area contributed by atoms with E-state index in [2.05, 4.69) is 5.32 Å². The van der Waals surface area contributed by atoms with Gasteiger partial charge in [-0.1, -0.05) is 6.07 Å². The molecule has 2 fully saturated rings. The SMILES string of the molecule is O=C(O)c1c(OC2CN(C(=O)[C@@H]3CCCN3)C2)ccc(CCB(O)O)c1O. The number of nitrogens with zero attached hydrogens (tertiary/aromatic N) is 1. The quantitative estimate of drug-likeness (QED) is 0.398. The topological polar surface area (TPSA) is 140 Å². The second-order valence-corrected chi connectivity index (χ2v) is 6.90. The molecule has 0 saturated carbocycles. The number of likely N-dealkylation sites (tertiary alicyclic amines) is 1. The summed E-state index contributed by atoms with van der Waals surface area (Å²) in [5.41, 5.74) is -0.0623. The van der Waals surface area contributed by atoms with Crippen LogP contribution in [0.3, 0.4) is 0 Å². The summed E-state index contributed by atoms with van der Waals surface area (Å²) in [6.07, 6.45) is 1.55. The highest BCUT2D eigenvalue weighted by Gasteiger charge is 2.37. The smallest absolute Gasteiger partial charge is 0.451 e. The van der Waals surface area contributed by atoms with Crippen molar-refractivity contribution in [1.29, 1.82) is 0 Å². The molecular formula is C17H23BN2O7. The third kappa shape index (κ3) is 4.34. The lowest BCUT2D eigenvalue weighted by atomic mass is 9.82. The van der Waals surface area contributed by atoms with E-state index < -0.39 is 18.8 Å². The Morgan fingerprint density at radius 2 is 2.04 bits per heavy atom. The fourth-order valence-corrected chi connectivity index (χ4v) is 3.39. The summed E-state index contributed by atoms with van der Waals surface area (Å²) in [5.74, 6) is -1.71. The maximum absolute atomic E-state index is 12.3. The average molecular weight is 378 g/mol. The minimum absolute atomic E-state index is 0.0261. The zero-order valence-corrected chi connectivity index (χ0v) is 14.8. The van der Waals surface area contributed by atoms with Gasteiger partial charge in [-0.05, 0) is 43.8 Å². The van der Waals surface area contributed by atoms with E-state index in [1.54, 1.807) is 4.90 Å². The predicted octanol–water partition coefficient (Wildman–Crippen LogP) is -0.553. The lowest BCUT2D eigenvalue weighted by Gasteiger charge is -2.40. The molecule has 9 nitrogen and oxygen atoms in total. The second kappa shape index (κ2) is 8.16. The van der Waals surface area contributed by atoms with Crippen LogP contribution in [0, 0.1) is 0 Å². The monoisotopic (exact) mass is 378 g/mol. The van der Waals surface area contributed by atoms with Crippen LogP contribution in [-0.4, -0.2) is 75.9 Å². The Balaban J connectivity index is 1.64. The number of hydrogen-bond donors (Lipinski definition) is 5. The largest absolute Gasteiger partial charge is 0.507 e. The molecule has 146 valence electrons. The molecule has 1 amide bonds. The summed E-state index contributed by atoms with van der Waals surface area (Å²) in [6, 6.07) is 2.81. The Hall–Kier alpha value is -2.30. The van der Waals surface area contributed by atoms with E-state index in [0.717, 1.165) is 19.4 Å². The summed E-state index contributed by atoms with van der Waals surface area (Å²) < 4.78 is 5.69. The summed E-state index contributed by atoms with van der Waals surface area (Å²) in [7, 11) is -1.54. The van der Waals surface area contributed by atoms with Crippen LogP contribution in [0.1, 0.15) is 28.8 Å². The number of aromatic hydroxyl groups is 1. The lowest BCUT2D eigenvalue weighted by molar-refractivity contribution is -0.141. The second-order valence-electron chi connectivity index (χ2n) is 6.90. The molecule has 0 aliphatic carbocycles. The van der Waals surface area contributed by atoms with Crippen molar-refractivity contribution in [1.82, 2.24) is 10.2 Å². The minimum atomic E-state index is -1.54. The van der Waals surface area contributed by atoms with Crippen molar-refractivity contribution in [2.75, 3.05) is 19.6 Å². The number of benzene rings is 1. The van der Waals surface area contributed by atoms with Crippen molar-refractivity contribution in [3.8, 4) is 11.5 Å².